The van der Waals surface area contributed by atoms with Crippen molar-refractivity contribution in [2.24, 2.45) is 5.18 Å². The lowest BCUT2D eigenvalue weighted by atomic mass is 10.1. The molecule has 0 spiro atoms. The Balaban J connectivity index is 2.64. The lowest BCUT2D eigenvalue weighted by Crippen LogP contribution is -2.32. The highest BCUT2D eigenvalue weighted by atomic mass is 16.7. The number of carbonyl (C=O) groups is 1. The minimum absolute atomic E-state index is 0.163. The van der Waals surface area contributed by atoms with Crippen LogP contribution >= 0.6 is 0 Å². The summed E-state index contributed by atoms with van der Waals surface area (Å²) in [7, 11) is 0. The maximum Gasteiger partial charge on any atom is 0.233 e. The topological polar surface area (TPSA) is 59.0 Å². The summed E-state index contributed by atoms with van der Waals surface area (Å²) in [5.41, 5.74) is 1.37. The van der Waals surface area contributed by atoms with E-state index < -0.39 is 5.60 Å². The SMILES string of the molecule is CC(C)(C)ON(C=O)Cc1ccc(CN=O)cc1. The molecule has 0 aliphatic rings. The summed E-state index contributed by atoms with van der Waals surface area (Å²) in [6.07, 6.45) is 0.659. The van der Waals surface area contributed by atoms with Crippen LogP contribution in [-0.2, 0) is 22.7 Å². The second kappa shape index (κ2) is 6.26. The first-order valence-electron chi connectivity index (χ1n) is 5.72. The number of carbonyl (C=O) groups excluding carboxylic acids is 1. The molecule has 0 saturated carbocycles. The molecule has 0 N–H and O–H groups in total. The fourth-order valence-corrected chi connectivity index (χ4v) is 1.45. The van der Waals surface area contributed by atoms with Crippen molar-refractivity contribution in [3.05, 3.63) is 40.3 Å². The minimum Gasteiger partial charge on any atom is -0.276 e. The van der Waals surface area contributed by atoms with Crippen LogP contribution in [0.2, 0.25) is 0 Å². The molecule has 0 aliphatic heterocycles. The van der Waals surface area contributed by atoms with E-state index in [2.05, 4.69) is 5.18 Å². The monoisotopic (exact) mass is 250 g/mol. The summed E-state index contributed by atoms with van der Waals surface area (Å²) in [5.74, 6) is 0. The standard InChI is InChI=1S/C13H18N2O3/c1-13(2,3)18-15(10-16)9-12-6-4-11(5-7-12)8-14-17/h4-7,10H,8-9H2,1-3H3. The van der Waals surface area contributed by atoms with E-state index in [0.717, 1.165) is 11.1 Å². The van der Waals surface area contributed by atoms with E-state index >= 15 is 0 Å². The molecule has 18 heavy (non-hydrogen) atoms. The zero-order valence-corrected chi connectivity index (χ0v) is 10.9. The van der Waals surface area contributed by atoms with Crippen molar-refractivity contribution >= 4 is 6.41 Å². The van der Waals surface area contributed by atoms with Gasteiger partial charge in [0.05, 0.1) is 12.1 Å². The van der Waals surface area contributed by atoms with Gasteiger partial charge in [-0.2, -0.15) is 4.91 Å². The average Bonchev–Trinajstić information content (AvgIpc) is 2.29. The molecule has 0 radical (unpaired) electrons. The zero-order valence-electron chi connectivity index (χ0n) is 10.9. The molecular formula is C13H18N2O3. The number of nitrogens with zero attached hydrogens (tertiary/aromatic N) is 2. The van der Waals surface area contributed by atoms with Crippen LogP contribution in [0.25, 0.3) is 0 Å². The third kappa shape index (κ3) is 5.05. The molecule has 0 atom stereocenters. The van der Waals surface area contributed by atoms with Gasteiger partial charge in [-0.3, -0.25) is 9.63 Å². The van der Waals surface area contributed by atoms with E-state index in [4.69, 9.17) is 4.84 Å². The fraction of sp³-hybridized carbons (Fsp3) is 0.462. The van der Waals surface area contributed by atoms with Gasteiger partial charge in [0.2, 0.25) is 6.41 Å². The molecule has 0 unspecified atom stereocenters. The number of hydroxylamine groups is 2. The van der Waals surface area contributed by atoms with Gasteiger partial charge in [-0.15, -0.1) is 0 Å². The quantitative estimate of drug-likeness (QED) is 0.443. The van der Waals surface area contributed by atoms with Crippen LogP contribution in [0.15, 0.2) is 29.4 Å². The molecule has 1 amide bonds. The predicted molar refractivity (Wildman–Crippen MR) is 68.4 cm³/mol. The Bertz CT molecular complexity index is 396. The Kier molecular flexibility index (Phi) is 4.97. The van der Waals surface area contributed by atoms with E-state index in [-0.39, 0.29) is 6.54 Å². The highest BCUT2D eigenvalue weighted by Gasteiger charge is 2.16. The van der Waals surface area contributed by atoms with E-state index in [1.165, 1.54) is 5.06 Å². The van der Waals surface area contributed by atoms with Crippen molar-refractivity contribution in [2.75, 3.05) is 0 Å². The Labute approximate surface area is 107 Å². The van der Waals surface area contributed by atoms with Crippen molar-refractivity contribution < 1.29 is 9.63 Å². The van der Waals surface area contributed by atoms with Gasteiger partial charge in [-0.05, 0) is 31.9 Å². The van der Waals surface area contributed by atoms with Gasteiger partial charge in [-0.1, -0.05) is 29.4 Å². The second-order valence-corrected chi connectivity index (χ2v) is 4.99. The van der Waals surface area contributed by atoms with Crippen LogP contribution in [0.3, 0.4) is 0 Å². The van der Waals surface area contributed by atoms with Crippen LogP contribution < -0.4 is 0 Å². The molecule has 0 aliphatic carbocycles. The van der Waals surface area contributed by atoms with Crippen molar-refractivity contribution in [3.8, 4) is 0 Å². The Morgan fingerprint density at radius 3 is 2.22 bits per heavy atom. The molecule has 0 saturated heterocycles. The van der Waals surface area contributed by atoms with Gasteiger partial charge >= 0.3 is 0 Å². The lowest BCUT2D eigenvalue weighted by molar-refractivity contribution is -0.220. The molecule has 5 heteroatoms. The van der Waals surface area contributed by atoms with Crippen molar-refractivity contribution in [1.29, 1.82) is 0 Å². The molecule has 5 nitrogen and oxygen atoms in total. The Hall–Kier alpha value is -1.75. The number of amides is 1. The molecular weight excluding hydrogens is 232 g/mol. The second-order valence-electron chi connectivity index (χ2n) is 4.99. The van der Waals surface area contributed by atoms with Gasteiger partial charge in [0.15, 0.2) is 0 Å². The van der Waals surface area contributed by atoms with E-state index in [1.54, 1.807) is 0 Å². The van der Waals surface area contributed by atoms with E-state index in [9.17, 15) is 9.70 Å². The molecule has 98 valence electrons. The Morgan fingerprint density at radius 2 is 1.78 bits per heavy atom. The summed E-state index contributed by atoms with van der Waals surface area (Å²) in [6.45, 7) is 6.17. The number of nitroso groups, excluding NO2 is 1. The van der Waals surface area contributed by atoms with Crippen LogP contribution in [-0.4, -0.2) is 17.1 Å². The molecule has 0 heterocycles. The molecule has 0 bridgehead atoms. The number of rotatable bonds is 6. The zero-order chi connectivity index (χ0) is 13.6. The summed E-state index contributed by atoms with van der Waals surface area (Å²) in [6, 6.07) is 7.33. The largest absolute Gasteiger partial charge is 0.276 e. The van der Waals surface area contributed by atoms with Crippen LogP contribution in [0.4, 0.5) is 0 Å². The molecule has 1 aromatic rings. The van der Waals surface area contributed by atoms with E-state index in [0.29, 0.717) is 13.0 Å². The summed E-state index contributed by atoms with van der Waals surface area (Å²) < 4.78 is 0. The summed E-state index contributed by atoms with van der Waals surface area (Å²) in [4.78, 5) is 26.5. The van der Waals surface area contributed by atoms with Crippen molar-refractivity contribution in [1.82, 2.24) is 5.06 Å². The van der Waals surface area contributed by atoms with Crippen molar-refractivity contribution in [2.45, 2.75) is 39.5 Å². The first-order chi connectivity index (χ1) is 8.44. The third-order valence-electron chi connectivity index (χ3n) is 2.12. The first-order valence-corrected chi connectivity index (χ1v) is 5.72. The van der Waals surface area contributed by atoms with Gasteiger partial charge in [0.1, 0.15) is 6.54 Å². The van der Waals surface area contributed by atoms with Gasteiger partial charge < -0.3 is 0 Å². The number of benzene rings is 1. The van der Waals surface area contributed by atoms with Gasteiger partial charge in [-0.25, -0.2) is 5.06 Å². The summed E-state index contributed by atoms with van der Waals surface area (Å²) >= 11 is 0. The third-order valence-corrected chi connectivity index (χ3v) is 2.12. The fourth-order valence-electron chi connectivity index (χ4n) is 1.45. The maximum absolute atomic E-state index is 10.9. The van der Waals surface area contributed by atoms with Gasteiger partial charge in [0, 0.05) is 0 Å². The molecule has 1 aromatic carbocycles. The molecule has 1 rings (SSSR count). The van der Waals surface area contributed by atoms with Crippen LogP contribution in [0.1, 0.15) is 31.9 Å². The van der Waals surface area contributed by atoms with Gasteiger partial charge in [0.25, 0.3) is 0 Å². The Morgan fingerprint density at radius 1 is 1.22 bits per heavy atom. The summed E-state index contributed by atoms with van der Waals surface area (Å²) in [5, 5.41) is 4.08. The predicted octanol–water partition coefficient (Wildman–Crippen LogP) is 2.64. The maximum atomic E-state index is 10.9. The van der Waals surface area contributed by atoms with E-state index in [1.807, 2.05) is 45.0 Å². The van der Waals surface area contributed by atoms with Crippen molar-refractivity contribution in [3.63, 3.8) is 0 Å². The minimum atomic E-state index is -0.414. The highest BCUT2D eigenvalue weighted by molar-refractivity contribution is 5.45. The smallest absolute Gasteiger partial charge is 0.233 e. The molecule has 0 aromatic heterocycles. The first kappa shape index (κ1) is 14.3. The number of hydrogen-bond donors (Lipinski definition) is 0. The molecule has 0 fully saturated rings. The lowest BCUT2D eigenvalue weighted by Gasteiger charge is -2.26. The highest BCUT2D eigenvalue weighted by Crippen LogP contribution is 2.13. The normalized spacial score (nSPS) is 11.1. The average molecular weight is 250 g/mol. The van der Waals surface area contributed by atoms with Crippen LogP contribution in [0.5, 0.6) is 0 Å². The van der Waals surface area contributed by atoms with Crippen LogP contribution in [0, 0.1) is 4.91 Å². The number of hydrogen-bond acceptors (Lipinski definition) is 4.